The number of benzene rings is 1. The molecular formula is C12H18ClNO. The summed E-state index contributed by atoms with van der Waals surface area (Å²) >= 11 is 6.04. The van der Waals surface area contributed by atoms with Gasteiger partial charge in [-0.1, -0.05) is 38.4 Å². The topological polar surface area (TPSA) is 35.2 Å². The number of hydrogen-bond donors (Lipinski definition) is 1. The molecule has 0 amide bonds. The van der Waals surface area contributed by atoms with E-state index in [1.807, 2.05) is 18.2 Å². The minimum Gasteiger partial charge on any atom is -0.495 e. The molecule has 84 valence electrons. The SMILES string of the molecule is COc1ccc([C@H](N)C(C)(C)C)cc1Cl. The van der Waals surface area contributed by atoms with Gasteiger partial charge >= 0.3 is 0 Å². The van der Waals surface area contributed by atoms with Gasteiger partial charge < -0.3 is 10.5 Å². The Labute approximate surface area is 96.4 Å². The number of ether oxygens (including phenoxy) is 1. The quantitative estimate of drug-likeness (QED) is 0.841. The van der Waals surface area contributed by atoms with Crippen LogP contribution in [0.5, 0.6) is 5.75 Å². The van der Waals surface area contributed by atoms with Crippen molar-refractivity contribution in [2.24, 2.45) is 11.1 Å². The lowest BCUT2D eigenvalue weighted by molar-refractivity contribution is 0.326. The molecule has 2 N–H and O–H groups in total. The summed E-state index contributed by atoms with van der Waals surface area (Å²) in [6.45, 7) is 6.32. The minimum atomic E-state index is -0.0269. The van der Waals surface area contributed by atoms with Crippen LogP contribution in [0.4, 0.5) is 0 Å². The Kier molecular flexibility index (Phi) is 3.63. The van der Waals surface area contributed by atoms with Gasteiger partial charge in [0.2, 0.25) is 0 Å². The maximum absolute atomic E-state index is 6.13. The van der Waals surface area contributed by atoms with Crippen molar-refractivity contribution in [1.82, 2.24) is 0 Å². The van der Waals surface area contributed by atoms with Gasteiger partial charge in [-0.2, -0.15) is 0 Å². The van der Waals surface area contributed by atoms with Crippen molar-refractivity contribution < 1.29 is 4.74 Å². The van der Waals surface area contributed by atoms with Crippen LogP contribution >= 0.6 is 11.6 Å². The fourth-order valence-electron chi connectivity index (χ4n) is 1.38. The summed E-state index contributed by atoms with van der Waals surface area (Å²) in [4.78, 5) is 0. The van der Waals surface area contributed by atoms with Crippen LogP contribution < -0.4 is 10.5 Å². The molecule has 0 saturated carbocycles. The fourth-order valence-corrected chi connectivity index (χ4v) is 1.64. The summed E-state index contributed by atoms with van der Waals surface area (Å²) in [7, 11) is 1.60. The van der Waals surface area contributed by atoms with Gasteiger partial charge in [0.15, 0.2) is 0 Å². The molecule has 0 fully saturated rings. The molecule has 0 spiro atoms. The van der Waals surface area contributed by atoms with E-state index >= 15 is 0 Å². The molecule has 0 unspecified atom stereocenters. The van der Waals surface area contributed by atoms with Gasteiger partial charge in [-0.15, -0.1) is 0 Å². The average Bonchev–Trinajstić information content (AvgIpc) is 2.15. The van der Waals surface area contributed by atoms with Gasteiger partial charge in [-0.25, -0.2) is 0 Å². The van der Waals surface area contributed by atoms with E-state index in [0.29, 0.717) is 10.8 Å². The number of halogens is 1. The van der Waals surface area contributed by atoms with Crippen LogP contribution in [0.25, 0.3) is 0 Å². The number of hydrogen-bond acceptors (Lipinski definition) is 2. The number of methoxy groups -OCH3 is 1. The van der Waals surface area contributed by atoms with E-state index in [1.54, 1.807) is 7.11 Å². The second kappa shape index (κ2) is 4.42. The molecule has 0 heterocycles. The molecular weight excluding hydrogens is 210 g/mol. The highest BCUT2D eigenvalue weighted by Gasteiger charge is 2.22. The molecule has 0 aliphatic rings. The first-order valence-corrected chi connectivity index (χ1v) is 5.33. The summed E-state index contributed by atoms with van der Waals surface area (Å²) < 4.78 is 5.09. The number of nitrogens with two attached hydrogens (primary N) is 1. The second-order valence-electron chi connectivity index (χ2n) is 4.74. The summed E-state index contributed by atoms with van der Waals surface area (Å²) in [6.07, 6.45) is 0. The van der Waals surface area contributed by atoms with Gasteiger partial charge in [0.1, 0.15) is 5.75 Å². The van der Waals surface area contributed by atoms with Crippen molar-refractivity contribution in [2.45, 2.75) is 26.8 Å². The van der Waals surface area contributed by atoms with Crippen LogP contribution in [0, 0.1) is 5.41 Å². The maximum Gasteiger partial charge on any atom is 0.137 e. The van der Waals surface area contributed by atoms with Crippen molar-refractivity contribution in [3.05, 3.63) is 28.8 Å². The zero-order valence-corrected chi connectivity index (χ0v) is 10.4. The predicted octanol–water partition coefficient (Wildman–Crippen LogP) is 3.39. The monoisotopic (exact) mass is 227 g/mol. The third-order valence-electron chi connectivity index (χ3n) is 2.47. The molecule has 1 rings (SSSR count). The van der Waals surface area contributed by atoms with Crippen LogP contribution in [-0.2, 0) is 0 Å². The van der Waals surface area contributed by atoms with E-state index < -0.39 is 0 Å². The van der Waals surface area contributed by atoms with Gasteiger partial charge in [-0.05, 0) is 23.1 Å². The Morgan fingerprint density at radius 2 is 1.93 bits per heavy atom. The summed E-state index contributed by atoms with van der Waals surface area (Å²) in [6, 6.07) is 5.65. The maximum atomic E-state index is 6.13. The molecule has 0 aliphatic carbocycles. The largest absolute Gasteiger partial charge is 0.495 e. The molecule has 1 atom stereocenters. The van der Waals surface area contributed by atoms with E-state index in [4.69, 9.17) is 22.1 Å². The Hall–Kier alpha value is -0.730. The molecule has 1 aromatic carbocycles. The van der Waals surface area contributed by atoms with Crippen molar-refractivity contribution in [2.75, 3.05) is 7.11 Å². The first kappa shape index (κ1) is 12.3. The number of rotatable bonds is 2. The molecule has 15 heavy (non-hydrogen) atoms. The average molecular weight is 228 g/mol. The van der Waals surface area contributed by atoms with Crippen molar-refractivity contribution in [3.8, 4) is 5.75 Å². The van der Waals surface area contributed by atoms with Crippen LogP contribution in [0.2, 0.25) is 5.02 Å². The molecule has 1 aromatic rings. The van der Waals surface area contributed by atoms with Crippen molar-refractivity contribution >= 4 is 11.6 Å². The lowest BCUT2D eigenvalue weighted by atomic mass is 9.83. The highest BCUT2D eigenvalue weighted by atomic mass is 35.5. The standard InChI is InChI=1S/C12H18ClNO/c1-12(2,3)11(14)8-5-6-10(15-4)9(13)7-8/h5-7,11H,14H2,1-4H3/t11-/m0/s1. The van der Waals surface area contributed by atoms with Crippen LogP contribution in [0.3, 0.4) is 0 Å². The first-order valence-electron chi connectivity index (χ1n) is 4.95. The van der Waals surface area contributed by atoms with E-state index in [9.17, 15) is 0 Å². The van der Waals surface area contributed by atoms with E-state index in [1.165, 1.54) is 0 Å². The Balaban J connectivity index is 3.02. The smallest absolute Gasteiger partial charge is 0.137 e. The van der Waals surface area contributed by atoms with Gasteiger partial charge in [0, 0.05) is 6.04 Å². The predicted molar refractivity (Wildman–Crippen MR) is 64.4 cm³/mol. The second-order valence-corrected chi connectivity index (χ2v) is 5.14. The molecule has 0 aromatic heterocycles. The Morgan fingerprint density at radius 1 is 1.33 bits per heavy atom. The highest BCUT2D eigenvalue weighted by molar-refractivity contribution is 6.32. The normalized spacial score (nSPS) is 13.7. The highest BCUT2D eigenvalue weighted by Crippen LogP contribution is 2.34. The zero-order valence-electron chi connectivity index (χ0n) is 9.67. The Bertz CT molecular complexity index is 344. The third-order valence-corrected chi connectivity index (χ3v) is 2.76. The lowest BCUT2D eigenvalue weighted by Crippen LogP contribution is -2.26. The fraction of sp³-hybridized carbons (Fsp3) is 0.500. The van der Waals surface area contributed by atoms with Crippen molar-refractivity contribution in [3.63, 3.8) is 0 Å². The molecule has 2 nitrogen and oxygen atoms in total. The minimum absolute atomic E-state index is 0.0257. The molecule has 3 heteroatoms. The third kappa shape index (κ3) is 2.86. The van der Waals surface area contributed by atoms with E-state index in [0.717, 1.165) is 5.56 Å². The van der Waals surface area contributed by atoms with Crippen LogP contribution in [-0.4, -0.2) is 7.11 Å². The van der Waals surface area contributed by atoms with Gasteiger partial charge in [0.25, 0.3) is 0 Å². The molecule has 0 bridgehead atoms. The summed E-state index contributed by atoms with van der Waals surface area (Å²) in [5, 5.41) is 0.606. The lowest BCUT2D eigenvalue weighted by Gasteiger charge is -2.27. The van der Waals surface area contributed by atoms with E-state index in [2.05, 4.69) is 20.8 Å². The van der Waals surface area contributed by atoms with Gasteiger partial charge in [-0.3, -0.25) is 0 Å². The zero-order chi connectivity index (χ0) is 11.6. The summed E-state index contributed by atoms with van der Waals surface area (Å²) in [5.74, 6) is 0.682. The molecule has 0 aliphatic heterocycles. The summed E-state index contributed by atoms with van der Waals surface area (Å²) in [5.41, 5.74) is 7.19. The van der Waals surface area contributed by atoms with Crippen LogP contribution in [0.1, 0.15) is 32.4 Å². The van der Waals surface area contributed by atoms with Crippen molar-refractivity contribution in [1.29, 1.82) is 0 Å². The van der Waals surface area contributed by atoms with Crippen LogP contribution in [0.15, 0.2) is 18.2 Å². The first-order chi connectivity index (χ1) is 6.86. The molecule has 0 radical (unpaired) electrons. The molecule has 0 saturated heterocycles. The van der Waals surface area contributed by atoms with Gasteiger partial charge in [0.05, 0.1) is 12.1 Å². The van der Waals surface area contributed by atoms with E-state index in [-0.39, 0.29) is 11.5 Å². The Morgan fingerprint density at radius 3 is 2.33 bits per heavy atom.